The van der Waals surface area contributed by atoms with Crippen LogP contribution in [-0.2, 0) is 0 Å². The maximum atomic E-state index is 2.41. The summed E-state index contributed by atoms with van der Waals surface area (Å²) in [7, 11) is 0. The van der Waals surface area contributed by atoms with Gasteiger partial charge in [0, 0.05) is 31.5 Å². The first-order valence-electron chi connectivity index (χ1n) is 14.3. The van der Waals surface area contributed by atoms with Gasteiger partial charge in [-0.1, -0.05) is 127 Å². The average Bonchev–Trinajstić information content (AvgIpc) is 3.47. The fourth-order valence-corrected chi connectivity index (χ4v) is 7.27. The molecule has 0 unspecified atom stereocenters. The summed E-state index contributed by atoms with van der Waals surface area (Å²) < 4.78 is 2.64. The highest BCUT2D eigenvalue weighted by atomic mass is 32.1. The summed E-state index contributed by atoms with van der Waals surface area (Å²) in [5, 5.41) is 5.19. The molecule has 0 spiro atoms. The second kappa shape index (κ2) is 10.3. The van der Waals surface area contributed by atoms with Gasteiger partial charge < -0.3 is 4.90 Å². The molecule has 0 saturated carbocycles. The Labute approximate surface area is 249 Å². The van der Waals surface area contributed by atoms with Crippen LogP contribution >= 0.6 is 11.3 Å². The van der Waals surface area contributed by atoms with E-state index in [1.807, 2.05) is 11.3 Å². The van der Waals surface area contributed by atoms with Gasteiger partial charge in [-0.25, -0.2) is 0 Å². The second-order valence-electron chi connectivity index (χ2n) is 10.6. The molecule has 0 amide bonds. The van der Waals surface area contributed by atoms with Crippen molar-refractivity contribution >= 4 is 59.3 Å². The SMILES string of the molecule is c1ccc(-c2ccc(N(c3ccc(-c4ccccc4)cc3)c3cccc4sc5c6ccccc6ccc5c34)cc2)cc1. The van der Waals surface area contributed by atoms with E-state index in [1.165, 1.54) is 58.9 Å². The molecule has 0 aliphatic carbocycles. The summed E-state index contributed by atoms with van der Waals surface area (Å²) in [6, 6.07) is 59.0. The number of benzene rings is 7. The summed E-state index contributed by atoms with van der Waals surface area (Å²) in [5.41, 5.74) is 8.33. The lowest BCUT2D eigenvalue weighted by molar-refractivity contribution is 1.30. The van der Waals surface area contributed by atoms with E-state index < -0.39 is 0 Å². The third-order valence-corrected chi connectivity index (χ3v) is 9.28. The van der Waals surface area contributed by atoms with Crippen LogP contribution in [0.2, 0.25) is 0 Å². The van der Waals surface area contributed by atoms with Crippen LogP contribution in [0.4, 0.5) is 17.1 Å². The number of rotatable bonds is 5. The zero-order valence-corrected chi connectivity index (χ0v) is 23.8. The highest BCUT2D eigenvalue weighted by Crippen LogP contribution is 2.46. The Bertz CT molecular complexity index is 2080. The van der Waals surface area contributed by atoms with Gasteiger partial charge in [0.15, 0.2) is 0 Å². The fraction of sp³-hybridized carbons (Fsp3) is 0. The van der Waals surface area contributed by atoms with E-state index in [4.69, 9.17) is 0 Å². The molecular weight excluding hydrogens is 527 g/mol. The monoisotopic (exact) mass is 553 g/mol. The number of hydrogen-bond donors (Lipinski definition) is 0. The minimum Gasteiger partial charge on any atom is -0.310 e. The molecule has 0 fully saturated rings. The van der Waals surface area contributed by atoms with E-state index in [-0.39, 0.29) is 0 Å². The van der Waals surface area contributed by atoms with Crippen molar-refractivity contribution in [3.05, 3.63) is 164 Å². The van der Waals surface area contributed by atoms with Gasteiger partial charge in [-0.15, -0.1) is 11.3 Å². The zero-order chi connectivity index (χ0) is 27.9. The van der Waals surface area contributed by atoms with Crippen LogP contribution < -0.4 is 4.90 Å². The smallest absolute Gasteiger partial charge is 0.0554 e. The fourth-order valence-electron chi connectivity index (χ4n) is 6.02. The molecular formula is C40H27NS. The van der Waals surface area contributed by atoms with Gasteiger partial charge in [0.1, 0.15) is 0 Å². The van der Waals surface area contributed by atoms with Crippen LogP contribution in [0.3, 0.4) is 0 Å². The largest absolute Gasteiger partial charge is 0.310 e. The van der Waals surface area contributed by atoms with Crippen molar-refractivity contribution < 1.29 is 0 Å². The highest BCUT2D eigenvalue weighted by molar-refractivity contribution is 7.26. The van der Waals surface area contributed by atoms with Crippen molar-refractivity contribution in [2.45, 2.75) is 0 Å². The molecule has 7 aromatic carbocycles. The van der Waals surface area contributed by atoms with Crippen molar-refractivity contribution in [2.24, 2.45) is 0 Å². The molecule has 2 heteroatoms. The normalized spacial score (nSPS) is 11.3. The van der Waals surface area contributed by atoms with Crippen LogP contribution in [0.5, 0.6) is 0 Å². The molecule has 198 valence electrons. The third kappa shape index (κ3) is 4.25. The van der Waals surface area contributed by atoms with E-state index in [2.05, 4.69) is 169 Å². The first-order chi connectivity index (χ1) is 20.8. The van der Waals surface area contributed by atoms with Gasteiger partial charge in [-0.3, -0.25) is 0 Å². The number of hydrogen-bond acceptors (Lipinski definition) is 2. The topological polar surface area (TPSA) is 3.24 Å². The molecule has 42 heavy (non-hydrogen) atoms. The predicted molar refractivity (Wildman–Crippen MR) is 182 cm³/mol. The first-order valence-corrected chi connectivity index (χ1v) is 15.1. The van der Waals surface area contributed by atoms with Crippen molar-refractivity contribution in [2.75, 3.05) is 4.90 Å². The third-order valence-electron chi connectivity index (χ3n) is 8.07. The first kappa shape index (κ1) is 24.6. The van der Waals surface area contributed by atoms with Gasteiger partial charge in [0.2, 0.25) is 0 Å². The minimum atomic E-state index is 1.13. The van der Waals surface area contributed by atoms with E-state index in [1.54, 1.807) is 0 Å². The standard InChI is InChI=1S/C40H27NS/c1-3-10-28(11-4-1)30-18-23-33(24-19-30)41(34-25-20-31(21-26-34)29-12-5-2-6-13-29)37-16-9-17-38-39(37)36-27-22-32-14-7-8-15-35(32)40(36)42-38/h1-27H. The van der Waals surface area contributed by atoms with Gasteiger partial charge in [-0.05, 0) is 69.4 Å². The lowest BCUT2D eigenvalue weighted by Gasteiger charge is -2.27. The summed E-state index contributed by atoms with van der Waals surface area (Å²) in [6.45, 7) is 0. The van der Waals surface area contributed by atoms with Crippen LogP contribution in [-0.4, -0.2) is 0 Å². The molecule has 0 radical (unpaired) electrons. The lowest BCUT2D eigenvalue weighted by atomic mass is 10.0. The van der Waals surface area contributed by atoms with E-state index in [0.29, 0.717) is 0 Å². The molecule has 0 aliphatic rings. The minimum absolute atomic E-state index is 1.13. The molecule has 0 saturated heterocycles. The number of fused-ring (bicyclic) bond motifs is 5. The van der Waals surface area contributed by atoms with Crippen LogP contribution in [0, 0.1) is 0 Å². The number of nitrogens with zero attached hydrogens (tertiary/aromatic N) is 1. The van der Waals surface area contributed by atoms with Gasteiger partial charge >= 0.3 is 0 Å². The molecule has 0 bridgehead atoms. The van der Waals surface area contributed by atoms with Crippen molar-refractivity contribution in [3.8, 4) is 22.3 Å². The summed E-state index contributed by atoms with van der Waals surface area (Å²) in [4.78, 5) is 2.41. The summed E-state index contributed by atoms with van der Waals surface area (Å²) >= 11 is 1.89. The van der Waals surface area contributed by atoms with E-state index >= 15 is 0 Å². The second-order valence-corrected chi connectivity index (χ2v) is 11.6. The van der Waals surface area contributed by atoms with Crippen molar-refractivity contribution in [1.82, 2.24) is 0 Å². The summed E-state index contributed by atoms with van der Waals surface area (Å²) in [5.74, 6) is 0. The molecule has 1 nitrogen and oxygen atoms in total. The molecule has 8 rings (SSSR count). The Kier molecular flexibility index (Phi) is 6.05. The molecule has 1 heterocycles. The zero-order valence-electron chi connectivity index (χ0n) is 22.9. The Morgan fingerprint density at radius 1 is 0.381 bits per heavy atom. The van der Waals surface area contributed by atoms with Crippen molar-refractivity contribution in [3.63, 3.8) is 0 Å². The maximum Gasteiger partial charge on any atom is 0.0554 e. The van der Waals surface area contributed by atoms with Crippen molar-refractivity contribution in [1.29, 1.82) is 0 Å². The molecule has 0 aliphatic heterocycles. The Morgan fingerprint density at radius 2 is 0.929 bits per heavy atom. The molecule has 0 atom stereocenters. The Balaban J connectivity index is 1.33. The number of anilines is 3. The maximum absolute atomic E-state index is 2.41. The van der Waals surface area contributed by atoms with E-state index in [0.717, 1.165) is 11.4 Å². The van der Waals surface area contributed by atoms with Crippen LogP contribution in [0.1, 0.15) is 0 Å². The lowest BCUT2D eigenvalue weighted by Crippen LogP contribution is -2.10. The summed E-state index contributed by atoms with van der Waals surface area (Å²) in [6.07, 6.45) is 0. The molecule has 8 aromatic rings. The highest BCUT2D eigenvalue weighted by Gasteiger charge is 2.19. The van der Waals surface area contributed by atoms with Crippen LogP contribution in [0.25, 0.3) is 53.2 Å². The quantitative estimate of drug-likeness (QED) is 0.205. The van der Waals surface area contributed by atoms with Gasteiger partial charge in [0.25, 0.3) is 0 Å². The average molecular weight is 554 g/mol. The Hall–Kier alpha value is -5.18. The molecule has 1 aromatic heterocycles. The predicted octanol–water partition coefficient (Wildman–Crippen LogP) is 12.0. The van der Waals surface area contributed by atoms with Gasteiger partial charge in [-0.2, -0.15) is 0 Å². The van der Waals surface area contributed by atoms with Gasteiger partial charge in [0.05, 0.1) is 5.69 Å². The molecule has 0 N–H and O–H groups in total. The van der Waals surface area contributed by atoms with Crippen LogP contribution in [0.15, 0.2) is 164 Å². The van der Waals surface area contributed by atoms with E-state index in [9.17, 15) is 0 Å². The Morgan fingerprint density at radius 3 is 1.55 bits per heavy atom. The number of thiophene rings is 1.